The molecule has 0 aliphatic heterocycles. The minimum Gasteiger partial charge on any atom is -0.748 e. The number of carboxylic acids is 1. The summed E-state index contributed by atoms with van der Waals surface area (Å²) in [5.41, 5.74) is 0. The van der Waals surface area contributed by atoms with Gasteiger partial charge < -0.3 is 20.1 Å². The predicted molar refractivity (Wildman–Crippen MR) is 66.3 cm³/mol. The van der Waals surface area contributed by atoms with Crippen molar-refractivity contribution in [2.24, 2.45) is 0 Å². The van der Waals surface area contributed by atoms with Gasteiger partial charge in [0.2, 0.25) is 0 Å². The van der Waals surface area contributed by atoms with E-state index in [2.05, 4.69) is 5.32 Å². The summed E-state index contributed by atoms with van der Waals surface area (Å²) in [6.45, 7) is 4.20. The molecule has 7 nitrogen and oxygen atoms in total. The van der Waals surface area contributed by atoms with E-state index in [-0.39, 0.29) is 48.3 Å². The van der Waals surface area contributed by atoms with Gasteiger partial charge in [0.15, 0.2) is 0 Å². The summed E-state index contributed by atoms with van der Waals surface area (Å²) in [7, 11) is -3.92. The van der Waals surface area contributed by atoms with Gasteiger partial charge in [0.25, 0.3) is 0 Å². The Kier molecular flexibility index (Phi) is 18.8. The van der Waals surface area contributed by atoms with Crippen molar-refractivity contribution in [3.05, 3.63) is 0 Å². The Labute approximate surface area is 136 Å². The Hall–Kier alpha value is 0.300. The van der Waals surface area contributed by atoms with Crippen molar-refractivity contribution >= 4 is 16.1 Å². The number of carboxylic acid groups (broad SMARTS) is 1. The molecule has 0 saturated carbocycles. The van der Waals surface area contributed by atoms with Gasteiger partial charge in [0.05, 0.1) is 10.1 Å². The standard InChI is InChI=1S/C7H15NO3.C3H8O3S.Na/c1-2-4-8-6(3-5-9)7(10)11;1-2-3-7(4,5)6;/h6,8-9H,2-5H2,1H3,(H,10,11);2-3H2,1H3,(H,4,5,6);/q;;+1/p-1. The van der Waals surface area contributed by atoms with Crippen LogP contribution < -0.4 is 34.9 Å². The van der Waals surface area contributed by atoms with Crippen molar-refractivity contribution in [3.63, 3.8) is 0 Å². The van der Waals surface area contributed by atoms with Crippen LogP contribution in [-0.4, -0.2) is 54.1 Å². The number of aliphatic carboxylic acids is 1. The van der Waals surface area contributed by atoms with Gasteiger partial charge in [-0.05, 0) is 25.8 Å². The van der Waals surface area contributed by atoms with Gasteiger partial charge >= 0.3 is 35.5 Å². The number of aliphatic hydroxyl groups is 1. The third-order valence-corrected chi connectivity index (χ3v) is 2.72. The van der Waals surface area contributed by atoms with Crippen LogP contribution in [0, 0.1) is 0 Å². The van der Waals surface area contributed by atoms with Gasteiger partial charge in [-0.1, -0.05) is 13.8 Å². The van der Waals surface area contributed by atoms with Crippen LogP contribution in [0.5, 0.6) is 0 Å². The molecule has 0 rings (SSSR count). The number of aliphatic hydroxyl groups excluding tert-OH is 1. The zero-order valence-corrected chi connectivity index (χ0v) is 14.6. The first-order valence-corrected chi connectivity index (χ1v) is 7.36. The number of hydrogen-bond donors (Lipinski definition) is 3. The van der Waals surface area contributed by atoms with Crippen LogP contribution in [0.2, 0.25) is 0 Å². The molecule has 0 aliphatic rings. The van der Waals surface area contributed by atoms with Crippen molar-refractivity contribution in [1.29, 1.82) is 0 Å². The second kappa shape index (κ2) is 14.7. The third-order valence-electron chi connectivity index (χ3n) is 1.81. The first-order valence-electron chi connectivity index (χ1n) is 5.79. The summed E-state index contributed by atoms with van der Waals surface area (Å²) in [4.78, 5) is 10.4. The van der Waals surface area contributed by atoms with Crippen molar-refractivity contribution < 1.29 is 57.5 Å². The number of nitrogens with one attached hydrogen (secondary N) is 1. The van der Waals surface area contributed by atoms with Crippen LogP contribution in [0.15, 0.2) is 0 Å². The Bertz CT molecular complexity index is 309. The summed E-state index contributed by atoms with van der Waals surface area (Å²) < 4.78 is 29.0. The third kappa shape index (κ3) is 20.8. The van der Waals surface area contributed by atoms with Crippen molar-refractivity contribution in [3.8, 4) is 0 Å². The molecule has 19 heavy (non-hydrogen) atoms. The number of carbonyl (C=O) groups is 1. The number of hydrogen-bond acceptors (Lipinski definition) is 6. The number of rotatable bonds is 8. The Morgan fingerprint density at radius 1 is 1.32 bits per heavy atom. The molecule has 0 aromatic heterocycles. The fourth-order valence-corrected chi connectivity index (χ4v) is 1.51. The van der Waals surface area contributed by atoms with E-state index >= 15 is 0 Å². The zero-order chi connectivity index (χ0) is 14.6. The minimum absolute atomic E-state index is 0. The van der Waals surface area contributed by atoms with E-state index in [1.54, 1.807) is 6.92 Å². The predicted octanol–water partition coefficient (Wildman–Crippen LogP) is -3.23. The van der Waals surface area contributed by atoms with Gasteiger partial charge in [-0.25, -0.2) is 8.42 Å². The molecular weight excluding hydrogens is 285 g/mol. The van der Waals surface area contributed by atoms with Crippen LogP contribution in [0.4, 0.5) is 0 Å². The molecule has 0 heterocycles. The van der Waals surface area contributed by atoms with Gasteiger partial charge in [-0.2, -0.15) is 0 Å². The molecule has 0 spiro atoms. The molecule has 0 fully saturated rings. The maximum absolute atomic E-state index is 10.4. The molecule has 9 heteroatoms. The van der Waals surface area contributed by atoms with E-state index in [1.807, 2.05) is 6.92 Å². The quantitative estimate of drug-likeness (QED) is 0.318. The molecule has 1 unspecified atom stereocenters. The second-order valence-electron chi connectivity index (χ2n) is 3.62. The SMILES string of the molecule is CCCNC(CCO)C(=O)O.CCCS(=O)(=O)[O-].[Na+]. The van der Waals surface area contributed by atoms with E-state index in [0.717, 1.165) is 6.42 Å². The second-order valence-corrected chi connectivity index (χ2v) is 5.14. The maximum atomic E-state index is 10.4. The van der Waals surface area contributed by atoms with Gasteiger partial charge in [0, 0.05) is 12.4 Å². The van der Waals surface area contributed by atoms with Gasteiger partial charge in [-0.15, -0.1) is 0 Å². The summed E-state index contributed by atoms with van der Waals surface area (Å²) in [6, 6.07) is -0.597. The van der Waals surface area contributed by atoms with E-state index < -0.39 is 22.1 Å². The van der Waals surface area contributed by atoms with E-state index in [0.29, 0.717) is 13.0 Å². The van der Waals surface area contributed by atoms with Gasteiger partial charge in [0.1, 0.15) is 6.04 Å². The summed E-state index contributed by atoms with van der Waals surface area (Å²) >= 11 is 0. The van der Waals surface area contributed by atoms with Crippen molar-refractivity contribution in [1.82, 2.24) is 5.32 Å². The smallest absolute Gasteiger partial charge is 0.748 e. The minimum atomic E-state index is -3.92. The average molecular weight is 307 g/mol. The molecule has 0 aliphatic carbocycles. The Morgan fingerprint density at radius 2 is 1.84 bits per heavy atom. The Balaban J connectivity index is -0.000000280. The molecular formula is C10H22NNaO6S. The van der Waals surface area contributed by atoms with Crippen molar-refractivity contribution in [2.45, 2.75) is 39.2 Å². The first-order chi connectivity index (χ1) is 8.28. The van der Waals surface area contributed by atoms with E-state index in [1.165, 1.54) is 0 Å². The zero-order valence-electron chi connectivity index (χ0n) is 11.8. The average Bonchev–Trinajstić information content (AvgIpc) is 2.23. The van der Waals surface area contributed by atoms with E-state index in [9.17, 15) is 17.8 Å². The maximum Gasteiger partial charge on any atom is 1.00 e. The summed E-state index contributed by atoms with van der Waals surface area (Å²) in [6.07, 6.45) is 1.58. The van der Waals surface area contributed by atoms with Crippen LogP contribution in [-0.2, 0) is 14.9 Å². The molecule has 0 amide bonds. The largest absolute Gasteiger partial charge is 1.00 e. The first kappa shape index (κ1) is 24.3. The Morgan fingerprint density at radius 3 is 2.05 bits per heavy atom. The molecule has 0 aromatic rings. The van der Waals surface area contributed by atoms with Crippen LogP contribution in [0.25, 0.3) is 0 Å². The van der Waals surface area contributed by atoms with Crippen LogP contribution in [0.3, 0.4) is 0 Å². The monoisotopic (exact) mass is 307 g/mol. The van der Waals surface area contributed by atoms with Crippen molar-refractivity contribution in [2.75, 3.05) is 18.9 Å². The molecule has 0 radical (unpaired) electrons. The molecule has 0 saturated heterocycles. The fraction of sp³-hybridized carbons (Fsp3) is 0.900. The van der Waals surface area contributed by atoms with Crippen LogP contribution >= 0.6 is 0 Å². The molecule has 0 bridgehead atoms. The molecule has 1 atom stereocenters. The normalized spacial score (nSPS) is 11.8. The van der Waals surface area contributed by atoms with Gasteiger partial charge in [-0.3, -0.25) is 4.79 Å². The molecule has 3 N–H and O–H groups in total. The fourth-order valence-electron chi connectivity index (χ4n) is 1.01. The molecule has 0 aromatic carbocycles. The summed E-state index contributed by atoms with van der Waals surface area (Å²) in [5.74, 6) is -1.14. The topological polar surface area (TPSA) is 127 Å². The molecule has 110 valence electrons. The van der Waals surface area contributed by atoms with E-state index in [4.69, 9.17) is 10.2 Å². The van der Waals surface area contributed by atoms with Crippen LogP contribution in [0.1, 0.15) is 33.1 Å². The summed E-state index contributed by atoms with van der Waals surface area (Å²) in [5, 5.41) is 19.8.